The highest BCUT2D eigenvalue weighted by Crippen LogP contribution is 2.42. The van der Waals surface area contributed by atoms with E-state index in [-0.39, 0.29) is 12.0 Å². The Morgan fingerprint density at radius 3 is 2.67 bits per heavy atom. The number of hydrogen-bond acceptors (Lipinski definition) is 5. The van der Waals surface area contributed by atoms with Crippen molar-refractivity contribution in [2.75, 3.05) is 0 Å². The molecular formula is C25H36O5. The number of aliphatic hydroxyl groups excluding tert-OH is 2. The Morgan fingerprint density at radius 1 is 1.33 bits per heavy atom. The van der Waals surface area contributed by atoms with E-state index >= 15 is 0 Å². The molecule has 0 aromatic heterocycles. The second-order valence-electron chi connectivity index (χ2n) is 9.17. The zero-order chi connectivity index (χ0) is 22.3. The van der Waals surface area contributed by atoms with Crippen LogP contribution in [0, 0.1) is 5.41 Å². The number of ether oxygens (including phenoxy) is 1. The largest absolute Gasteiger partial charge is 0.429 e. The number of carbonyl (C=O) groups is 2. The monoisotopic (exact) mass is 416 g/mol. The maximum absolute atomic E-state index is 11.4. The van der Waals surface area contributed by atoms with Crippen molar-refractivity contribution in [2.24, 2.45) is 5.41 Å². The van der Waals surface area contributed by atoms with Crippen LogP contribution in [-0.4, -0.2) is 34.9 Å². The Morgan fingerprint density at radius 2 is 2.07 bits per heavy atom. The van der Waals surface area contributed by atoms with Gasteiger partial charge in [0.1, 0.15) is 6.29 Å². The van der Waals surface area contributed by atoms with E-state index in [1.165, 1.54) is 24.8 Å². The molecule has 1 aliphatic heterocycles. The smallest absolute Gasteiger partial charge is 0.333 e. The van der Waals surface area contributed by atoms with E-state index < -0.39 is 18.4 Å². The van der Waals surface area contributed by atoms with Crippen LogP contribution in [0.4, 0.5) is 0 Å². The first-order valence-corrected chi connectivity index (χ1v) is 10.9. The van der Waals surface area contributed by atoms with Gasteiger partial charge in [-0.05, 0) is 76.2 Å². The Balaban J connectivity index is 1.83. The number of aliphatic hydroxyl groups is 2. The second-order valence-corrected chi connectivity index (χ2v) is 9.17. The SMILES string of the molecule is CC1=C(CC/C(C)=C/CC/C(C=O)=C/C[C@@H](O)C2=CC(=O)O[C@@H]2O)C(C)(C)CCC1. The molecule has 0 amide bonds. The highest BCUT2D eigenvalue weighted by atomic mass is 16.6. The second kappa shape index (κ2) is 10.9. The number of rotatable bonds is 10. The Labute approximate surface area is 180 Å². The summed E-state index contributed by atoms with van der Waals surface area (Å²) in [7, 11) is 0. The predicted molar refractivity (Wildman–Crippen MR) is 118 cm³/mol. The molecule has 1 heterocycles. The minimum absolute atomic E-state index is 0.132. The van der Waals surface area contributed by atoms with Gasteiger partial charge in [-0.1, -0.05) is 42.7 Å². The molecule has 0 saturated carbocycles. The lowest BCUT2D eigenvalue weighted by atomic mass is 9.71. The van der Waals surface area contributed by atoms with Crippen LogP contribution in [0.15, 0.2) is 46.1 Å². The molecule has 2 N–H and O–H groups in total. The van der Waals surface area contributed by atoms with Crippen molar-refractivity contribution >= 4 is 12.3 Å². The Bertz CT molecular complexity index is 766. The lowest BCUT2D eigenvalue weighted by Gasteiger charge is -2.35. The minimum atomic E-state index is -1.40. The molecule has 0 saturated heterocycles. The third-order valence-corrected chi connectivity index (χ3v) is 6.32. The number of allylic oxidation sites excluding steroid dienone is 5. The standard InChI is InChI=1S/C25H36O5/c1-17(10-12-21-18(2)8-6-14-25(21,3)4)7-5-9-19(16-26)11-13-22(27)20-15-23(28)30-24(20)29/h7,11,15-16,22,24,27,29H,5-6,8-10,12-14H2,1-4H3/b17-7+,19-11-/t22-,24+/m1/s1. The Hall–Kier alpha value is -1.98. The summed E-state index contributed by atoms with van der Waals surface area (Å²) in [5, 5.41) is 19.7. The molecule has 0 unspecified atom stereocenters. The summed E-state index contributed by atoms with van der Waals surface area (Å²) in [4.78, 5) is 22.5. The quantitative estimate of drug-likeness (QED) is 0.233. The Kier molecular flexibility index (Phi) is 8.80. The number of aldehydes is 1. The molecule has 0 fully saturated rings. The van der Waals surface area contributed by atoms with Crippen LogP contribution in [0.5, 0.6) is 0 Å². The highest BCUT2D eigenvalue weighted by Gasteiger charge is 2.29. The van der Waals surface area contributed by atoms with Gasteiger partial charge in [0.05, 0.1) is 6.10 Å². The van der Waals surface area contributed by atoms with Crippen LogP contribution < -0.4 is 0 Å². The molecule has 2 rings (SSSR count). The summed E-state index contributed by atoms with van der Waals surface area (Å²) in [6.45, 7) is 9.11. The molecular weight excluding hydrogens is 380 g/mol. The van der Waals surface area contributed by atoms with Gasteiger partial charge < -0.3 is 14.9 Å². The molecule has 166 valence electrons. The van der Waals surface area contributed by atoms with Crippen molar-refractivity contribution in [1.29, 1.82) is 0 Å². The number of esters is 1. The van der Waals surface area contributed by atoms with Gasteiger partial charge in [0.2, 0.25) is 6.29 Å². The molecule has 0 aromatic carbocycles. The lowest BCUT2D eigenvalue weighted by molar-refractivity contribution is -0.151. The van der Waals surface area contributed by atoms with Gasteiger partial charge in [-0.2, -0.15) is 0 Å². The molecule has 0 bridgehead atoms. The fourth-order valence-electron chi connectivity index (χ4n) is 4.42. The maximum atomic E-state index is 11.4. The van der Waals surface area contributed by atoms with Crippen molar-refractivity contribution < 1.29 is 24.5 Å². The molecule has 2 aliphatic rings. The van der Waals surface area contributed by atoms with Gasteiger partial charge in [0.25, 0.3) is 0 Å². The molecule has 1 aliphatic carbocycles. The average Bonchev–Trinajstić information content (AvgIpc) is 3.01. The summed E-state index contributed by atoms with van der Waals surface area (Å²) < 4.78 is 4.57. The van der Waals surface area contributed by atoms with E-state index in [0.717, 1.165) is 31.6 Å². The zero-order valence-electron chi connectivity index (χ0n) is 18.7. The molecule has 5 nitrogen and oxygen atoms in total. The molecule has 2 atom stereocenters. The number of carbonyl (C=O) groups excluding carboxylic acids is 2. The van der Waals surface area contributed by atoms with E-state index in [0.29, 0.717) is 17.4 Å². The predicted octanol–water partition coefficient (Wildman–Crippen LogP) is 4.70. The van der Waals surface area contributed by atoms with Crippen LogP contribution in [0.2, 0.25) is 0 Å². The van der Waals surface area contributed by atoms with Crippen LogP contribution in [0.3, 0.4) is 0 Å². The number of cyclic esters (lactones) is 1. The van der Waals surface area contributed by atoms with Gasteiger partial charge in [-0.25, -0.2) is 4.79 Å². The summed E-state index contributed by atoms with van der Waals surface area (Å²) in [6.07, 6.45) is 10.7. The summed E-state index contributed by atoms with van der Waals surface area (Å²) >= 11 is 0. The van der Waals surface area contributed by atoms with Crippen molar-refractivity contribution in [3.63, 3.8) is 0 Å². The first-order chi connectivity index (χ1) is 14.1. The van der Waals surface area contributed by atoms with Gasteiger partial charge in [-0.3, -0.25) is 4.79 Å². The van der Waals surface area contributed by atoms with E-state index in [1.807, 2.05) is 0 Å². The lowest BCUT2D eigenvalue weighted by Crippen LogP contribution is -2.20. The molecule has 5 heteroatoms. The molecule has 0 aromatic rings. The summed E-state index contributed by atoms with van der Waals surface area (Å²) in [6, 6.07) is 0. The average molecular weight is 417 g/mol. The normalized spacial score (nSPS) is 23.3. The fraction of sp³-hybridized carbons (Fsp3) is 0.600. The molecule has 0 spiro atoms. The van der Waals surface area contributed by atoms with Gasteiger partial charge in [0.15, 0.2) is 0 Å². The topological polar surface area (TPSA) is 83.8 Å². The molecule has 0 radical (unpaired) electrons. The maximum Gasteiger partial charge on any atom is 0.333 e. The van der Waals surface area contributed by atoms with Gasteiger partial charge in [0, 0.05) is 11.6 Å². The van der Waals surface area contributed by atoms with Crippen molar-refractivity contribution in [2.45, 2.75) is 91.5 Å². The zero-order valence-corrected chi connectivity index (χ0v) is 18.7. The first kappa shape index (κ1) is 24.3. The summed E-state index contributed by atoms with van der Waals surface area (Å²) in [5.74, 6) is -0.667. The van der Waals surface area contributed by atoms with E-state index in [2.05, 4.69) is 38.5 Å². The minimum Gasteiger partial charge on any atom is -0.429 e. The third kappa shape index (κ3) is 6.78. The van der Waals surface area contributed by atoms with Crippen LogP contribution in [0.25, 0.3) is 0 Å². The molecule has 30 heavy (non-hydrogen) atoms. The van der Waals surface area contributed by atoms with Crippen LogP contribution >= 0.6 is 0 Å². The van der Waals surface area contributed by atoms with E-state index in [9.17, 15) is 19.8 Å². The van der Waals surface area contributed by atoms with Gasteiger partial charge in [-0.15, -0.1) is 0 Å². The van der Waals surface area contributed by atoms with E-state index in [4.69, 9.17) is 0 Å². The van der Waals surface area contributed by atoms with E-state index in [1.54, 1.807) is 17.2 Å². The van der Waals surface area contributed by atoms with Crippen LogP contribution in [0.1, 0.15) is 79.1 Å². The van der Waals surface area contributed by atoms with Crippen molar-refractivity contribution in [3.8, 4) is 0 Å². The third-order valence-electron chi connectivity index (χ3n) is 6.32. The van der Waals surface area contributed by atoms with Gasteiger partial charge >= 0.3 is 5.97 Å². The highest BCUT2D eigenvalue weighted by molar-refractivity contribution is 5.85. The van der Waals surface area contributed by atoms with Crippen molar-refractivity contribution in [1.82, 2.24) is 0 Å². The first-order valence-electron chi connectivity index (χ1n) is 10.9. The number of hydrogen-bond donors (Lipinski definition) is 2. The van der Waals surface area contributed by atoms with Crippen molar-refractivity contribution in [3.05, 3.63) is 46.1 Å². The summed E-state index contributed by atoms with van der Waals surface area (Å²) in [5.41, 5.74) is 5.53. The fourth-order valence-corrected chi connectivity index (χ4v) is 4.42. The van der Waals surface area contributed by atoms with Crippen LogP contribution in [-0.2, 0) is 14.3 Å².